The molecule has 2 heterocycles. The van der Waals surface area contributed by atoms with Gasteiger partial charge in [0.25, 0.3) is 0 Å². The number of hydrogen-bond acceptors (Lipinski definition) is 5. The minimum atomic E-state index is -0.536. The SMILES string of the molecule is CC(=O)N1c2ccc(C(N)=O)cc2[C@H](Nc2ncc(F)cn2)[C@@H](C)[C@@H]1C1CC1. The molecule has 0 spiro atoms. The van der Waals surface area contributed by atoms with Gasteiger partial charge < -0.3 is 16.0 Å². The highest BCUT2D eigenvalue weighted by molar-refractivity contribution is 5.97. The largest absolute Gasteiger partial charge is 0.366 e. The summed E-state index contributed by atoms with van der Waals surface area (Å²) in [5.74, 6) is -0.335. The van der Waals surface area contributed by atoms with Crippen LogP contribution in [0.25, 0.3) is 0 Å². The van der Waals surface area contributed by atoms with E-state index in [1.54, 1.807) is 25.1 Å². The van der Waals surface area contributed by atoms with Crippen molar-refractivity contribution in [3.8, 4) is 0 Å². The summed E-state index contributed by atoms with van der Waals surface area (Å²) in [6, 6.07) is 4.92. The van der Waals surface area contributed by atoms with Crippen LogP contribution < -0.4 is 16.0 Å². The first-order valence-corrected chi connectivity index (χ1v) is 9.34. The van der Waals surface area contributed by atoms with Gasteiger partial charge >= 0.3 is 0 Å². The minimum absolute atomic E-state index is 0.0284. The van der Waals surface area contributed by atoms with Crippen LogP contribution in [0, 0.1) is 17.7 Å². The van der Waals surface area contributed by atoms with Crippen LogP contribution in [0.2, 0.25) is 0 Å². The Morgan fingerprint density at radius 2 is 1.93 bits per heavy atom. The summed E-state index contributed by atoms with van der Waals surface area (Å²) >= 11 is 0. The maximum absolute atomic E-state index is 13.2. The molecule has 3 N–H and O–H groups in total. The number of nitrogens with one attached hydrogen (secondary N) is 1. The van der Waals surface area contributed by atoms with Gasteiger partial charge in [0, 0.05) is 30.1 Å². The topological polar surface area (TPSA) is 101 Å². The number of primary amides is 1. The summed E-state index contributed by atoms with van der Waals surface area (Å²) < 4.78 is 13.2. The smallest absolute Gasteiger partial charge is 0.248 e. The standard InChI is InChI=1S/C20H22FN5O2/c1-10-17(25-20-23-8-14(21)9-24-20)15-7-13(19(22)28)5-6-16(15)26(11(2)27)18(10)12-3-4-12/h5-10,12,17-18H,3-4H2,1-2H3,(H2,22,28)(H,23,24,25)/t10-,17-,18-/m1/s1. The third kappa shape index (κ3) is 3.19. The van der Waals surface area contributed by atoms with E-state index in [0.29, 0.717) is 17.4 Å². The second kappa shape index (κ2) is 6.85. The van der Waals surface area contributed by atoms with Crippen LogP contribution in [0.3, 0.4) is 0 Å². The lowest BCUT2D eigenvalue weighted by molar-refractivity contribution is -0.117. The van der Waals surface area contributed by atoms with Crippen molar-refractivity contribution in [1.29, 1.82) is 0 Å². The van der Waals surface area contributed by atoms with E-state index in [-0.39, 0.29) is 23.9 Å². The molecule has 3 atom stereocenters. The van der Waals surface area contributed by atoms with Crippen LogP contribution in [-0.2, 0) is 4.79 Å². The highest BCUT2D eigenvalue weighted by Crippen LogP contribution is 2.50. The number of fused-ring (bicyclic) bond motifs is 1. The average Bonchev–Trinajstić information content (AvgIpc) is 3.49. The van der Waals surface area contributed by atoms with Crippen molar-refractivity contribution < 1.29 is 14.0 Å². The Morgan fingerprint density at radius 1 is 1.25 bits per heavy atom. The third-order valence-corrected chi connectivity index (χ3v) is 5.62. The number of carbonyl (C=O) groups is 2. The summed E-state index contributed by atoms with van der Waals surface area (Å²) in [5, 5.41) is 3.27. The monoisotopic (exact) mass is 383 g/mol. The Balaban J connectivity index is 1.82. The zero-order chi connectivity index (χ0) is 20.0. The summed E-state index contributed by atoms with van der Waals surface area (Å²) in [4.78, 5) is 34.1. The number of rotatable bonds is 4. The molecule has 1 saturated carbocycles. The van der Waals surface area contributed by atoms with Gasteiger partial charge in [-0.05, 0) is 42.5 Å². The van der Waals surface area contributed by atoms with Crippen LogP contribution in [0.4, 0.5) is 16.0 Å². The van der Waals surface area contributed by atoms with Crippen molar-refractivity contribution in [2.75, 3.05) is 10.2 Å². The second-order valence-corrected chi connectivity index (χ2v) is 7.56. The maximum atomic E-state index is 13.2. The highest BCUT2D eigenvalue weighted by Gasteiger charge is 2.47. The fourth-order valence-electron chi connectivity index (χ4n) is 4.24. The van der Waals surface area contributed by atoms with Gasteiger partial charge in [0.2, 0.25) is 17.8 Å². The molecule has 1 fully saturated rings. The predicted octanol–water partition coefficient (Wildman–Crippen LogP) is 2.65. The Kier molecular flexibility index (Phi) is 4.49. The normalized spacial score (nSPS) is 23.8. The van der Waals surface area contributed by atoms with Gasteiger partial charge in [-0.1, -0.05) is 6.92 Å². The summed E-state index contributed by atoms with van der Waals surface area (Å²) in [6.45, 7) is 3.63. The van der Waals surface area contributed by atoms with Gasteiger partial charge in [-0.15, -0.1) is 0 Å². The van der Waals surface area contributed by atoms with E-state index in [1.165, 1.54) is 0 Å². The molecule has 1 aliphatic carbocycles. The van der Waals surface area contributed by atoms with Gasteiger partial charge in [0.1, 0.15) is 0 Å². The van der Waals surface area contributed by atoms with Crippen molar-refractivity contribution >= 4 is 23.5 Å². The van der Waals surface area contributed by atoms with E-state index in [0.717, 1.165) is 36.5 Å². The molecule has 1 aromatic heterocycles. The lowest BCUT2D eigenvalue weighted by Crippen LogP contribution is -2.51. The van der Waals surface area contributed by atoms with Gasteiger partial charge in [-0.3, -0.25) is 9.59 Å². The first-order valence-electron chi connectivity index (χ1n) is 9.34. The number of nitrogens with two attached hydrogens (primary N) is 1. The van der Waals surface area contributed by atoms with Crippen molar-refractivity contribution in [3.63, 3.8) is 0 Å². The van der Waals surface area contributed by atoms with E-state index in [9.17, 15) is 14.0 Å². The Labute approximate surface area is 162 Å². The number of nitrogens with zero attached hydrogens (tertiary/aromatic N) is 3. The van der Waals surface area contributed by atoms with Gasteiger partial charge in [0.05, 0.1) is 18.4 Å². The van der Waals surface area contributed by atoms with E-state index in [2.05, 4.69) is 22.2 Å². The van der Waals surface area contributed by atoms with E-state index < -0.39 is 11.7 Å². The van der Waals surface area contributed by atoms with Crippen LogP contribution in [0.15, 0.2) is 30.6 Å². The molecule has 0 unspecified atom stereocenters. The van der Waals surface area contributed by atoms with Crippen molar-refractivity contribution in [1.82, 2.24) is 9.97 Å². The van der Waals surface area contributed by atoms with Crippen LogP contribution in [-0.4, -0.2) is 27.8 Å². The second-order valence-electron chi connectivity index (χ2n) is 7.56. The van der Waals surface area contributed by atoms with Crippen LogP contribution in [0.5, 0.6) is 0 Å². The minimum Gasteiger partial charge on any atom is -0.366 e. The molecule has 2 aliphatic rings. The van der Waals surface area contributed by atoms with Gasteiger partial charge in [0.15, 0.2) is 5.82 Å². The zero-order valence-corrected chi connectivity index (χ0v) is 15.7. The number of anilines is 2. The number of benzene rings is 1. The van der Waals surface area contributed by atoms with Crippen molar-refractivity contribution in [2.24, 2.45) is 17.6 Å². The molecule has 2 aromatic rings. The first kappa shape index (κ1) is 18.3. The molecular weight excluding hydrogens is 361 g/mol. The van der Waals surface area contributed by atoms with E-state index in [4.69, 9.17) is 5.73 Å². The Hall–Kier alpha value is -3.03. The quantitative estimate of drug-likeness (QED) is 0.845. The molecule has 28 heavy (non-hydrogen) atoms. The highest BCUT2D eigenvalue weighted by atomic mass is 19.1. The van der Waals surface area contributed by atoms with E-state index in [1.807, 2.05) is 4.90 Å². The van der Waals surface area contributed by atoms with Crippen LogP contribution in [0.1, 0.15) is 48.7 Å². The fourth-order valence-corrected chi connectivity index (χ4v) is 4.24. The van der Waals surface area contributed by atoms with Gasteiger partial charge in [-0.25, -0.2) is 14.4 Å². The first-order chi connectivity index (χ1) is 13.4. The number of halogens is 1. The molecule has 8 heteroatoms. The molecule has 7 nitrogen and oxygen atoms in total. The van der Waals surface area contributed by atoms with E-state index >= 15 is 0 Å². The lowest BCUT2D eigenvalue weighted by atomic mass is 9.79. The molecule has 146 valence electrons. The van der Waals surface area contributed by atoms with Crippen molar-refractivity contribution in [2.45, 2.75) is 38.8 Å². The number of carbonyl (C=O) groups excluding carboxylic acids is 2. The molecule has 4 rings (SSSR count). The Morgan fingerprint density at radius 3 is 2.50 bits per heavy atom. The molecule has 1 aromatic carbocycles. The van der Waals surface area contributed by atoms with Crippen LogP contribution >= 0.6 is 0 Å². The van der Waals surface area contributed by atoms with Gasteiger partial charge in [-0.2, -0.15) is 0 Å². The average molecular weight is 383 g/mol. The number of aromatic nitrogens is 2. The predicted molar refractivity (Wildman–Crippen MR) is 102 cm³/mol. The molecular formula is C20H22FN5O2. The van der Waals surface area contributed by atoms with Crippen molar-refractivity contribution in [3.05, 3.63) is 47.5 Å². The third-order valence-electron chi connectivity index (χ3n) is 5.62. The maximum Gasteiger partial charge on any atom is 0.248 e. The summed E-state index contributed by atoms with van der Waals surface area (Å²) in [5.41, 5.74) is 7.37. The molecule has 0 bridgehead atoms. The summed E-state index contributed by atoms with van der Waals surface area (Å²) in [7, 11) is 0. The lowest BCUT2D eigenvalue weighted by Gasteiger charge is -2.45. The molecule has 2 amide bonds. The molecule has 0 radical (unpaired) electrons. The molecule has 1 aliphatic heterocycles. The zero-order valence-electron chi connectivity index (χ0n) is 15.7. The number of amides is 2. The molecule has 0 saturated heterocycles. The Bertz CT molecular complexity index is 929. The fraction of sp³-hybridized carbons (Fsp3) is 0.400. The number of hydrogen-bond donors (Lipinski definition) is 2. The summed E-state index contributed by atoms with van der Waals surface area (Å²) in [6.07, 6.45) is 4.36.